The predicted molar refractivity (Wildman–Crippen MR) is 91.5 cm³/mol. The van der Waals surface area contributed by atoms with Gasteiger partial charge in [-0.3, -0.25) is 0 Å². The first-order valence-electron chi connectivity index (χ1n) is 6.71. The minimum Gasteiger partial charge on any atom is -0.338 e. The molecule has 4 aromatic rings. The van der Waals surface area contributed by atoms with Crippen LogP contribution in [0.3, 0.4) is 0 Å². The van der Waals surface area contributed by atoms with E-state index in [0.29, 0.717) is 17.5 Å². The molecule has 0 saturated heterocycles. The topological polar surface area (TPSA) is 69.6 Å². The van der Waals surface area contributed by atoms with Crippen molar-refractivity contribution < 1.29 is 4.52 Å². The molecule has 9 heteroatoms. The number of rotatable bonds is 5. The molecule has 0 atom stereocenters. The number of aromatic nitrogens is 5. The average molecular weight is 361 g/mol. The summed E-state index contributed by atoms with van der Waals surface area (Å²) < 4.78 is 7.27. The van der Waals surface area contributed by atoms with Gasteiger partial charge in [-0.1, -0.05) is 16.9 Å². The number of nitrogens with zero attached hydrogens (tertiary/aromatic N) is 5. The van der Waals surface area contributed by atoms with E-state index in [4.69, 9.17) is 4.52 Å². The minimum atomic E-state index is 0.562. The van der Waals surface area contributed by atoms with Gasteiger partial charge in [0.2, 0.25) is 11.7 Å². The van der Waals surface area contributed by atoms with Crippen LogP contribution in [0.5, 0.6) is 0 Å². The van der Waals surface area contributed by atoms with E-state index in [-0.39, 0.29) is 0 Å². The highest BCUT2D eigenvalue weighted by Gasteiger charge is 2.14. The number of hydrogen-bond acceptors (Lipinski definition) is 8. The van der Waals surface area contributed by atoms with E-state index >= 15 is 0 Å². The van der Waals surface area contributed by atoms with Gasteiger partial charge in [0.1, 0.15) is 0 Å². The van der Waals surface area contributed by atoms with Crippen LogP contribution in [-0.4, -0.2) is 24.9 Å². The molecule has 23 heavy (non-hydrogen) atoms. The van der Waals surface area contributed by atoms with Crippen LogP contribution in [0.25, 0.3) is 22.8 Å². The largest absolute Gasteiger partial charge is 0.338 e. The van der Waals surface area contributed by atoms with Crippen LogP contribution in [0, 0.1) is 0 Å². The summed E-state index contributed by atoms with van der Waals surface area (Å²) in [6, 6.07) is 4.01. The lowest BCUT2D eigenvalue weighted by Crippen LogP contribution is -1.94. The van der Waals surface area contributed by atoms with Crippen molar-refractivity contribution in [1.82, 2.24) is 24.9 Å². The summed E-state index contributed by atoms with van der Waals surface area (Å²) in [5, 5.41) is 21.4. The zero-order valence-corrected chi connectivity index (χ0v) is 14.5. The molecule has 0 aliphatic rings. The van der Waals surface area contributed by atoms with E-state index in [1.54, 1.807) is 22.7 Å². The molecule has 0 unspecified atom stereocenters. The molecule has 0 N–H and O–H groups in total. The molecular weight excluding hydrogens is 350 g/mol. The summed E-state index contributed by atoms with van der Waals surface area (Å²) in [6.45, 7) is 0. The molecule has 4 rings (SSSR count). The third-order valence-electron chi connectivity index (χ3n) is 3.19. The van der Waals surface area contributed by atoms with Crippen LogP contribution in [-0.2, 0) is 12.8 Å². The van der Waals surface area contributed by atoms with Crippen molar-refractivity contribution in [2.75, 3.05) is 0 Å². The second-order valence-electron chi connectivity index (χ2n) is 4.69. The average Bonchev–Trinajstić information content (AvgIpc) is 3.33. The molecule has 0 aromatic carbocycles. The Hall–Kier alpha value is -1.97. The van der Waals surface area contributed by atoms with E-state index in [2.05, 4.69) is 25.7 Å². The third-order valence-corrected chi connectivity index (χ3v) is 5.56. The van der Waals surface area contributed by atoms with Crippen LogP contribution in [0.1, 0.15) is 5.89 Å². The van der Waals surface area contributed by atoms with E-state index in [0.717, 1.165) is 22.1 Å². The van der Waals surface area contributed by atoms with Gasteiger partial charge in [-0.05, 0) is 22.9 Å². The normalized spacial score (nSPS) is 11.2. The molecule has 0 spiro atoms. The Labute approximate surface area is 144 Å². The van der Waals surface area contributed by atoms with Crippen LogP contribution in [0.2, 0.25) is 0 Å². The Morgan fingerprint density at radius 3 is 2.65 bits per heavy atom. The Balaban J connectivity index is 1.48. The van der Waals surface area contributed by atoms with Gasteiger partial charge < -0.3 is 9.09 Å². The second kappa shape index (κ2) is 6.26. The maximum atomic E-state index is 5.30. The molecule has 0 amide bonds. The lowest BCUT2D eigenvalue weighted by Gasteiger charge is -2.00. The van der Waals surface area contributed by atoms with E-state index in [1.807, 2.05) is 39.9 Å². The molecule has 4 heterocycles. The minimum absolute atomic E-state index is 0.562. The van der Waals surface area contributed by atoms with E-state index < -0.39 is 0 Å². The zero-order valence-electron chi connectivity index (χ0n) is 12.0. The Morgan fingerprint density at radius 2 is 1.91 bits per heavy atom. The van der Waals surface area contributed by atoms with Crippen LogP contribution < -0.4 is 0 Å². The maximum Gasteiger partial charge on any atom is 0.237 e. The molecule has 4 aromatic heterocycles. The molecule has 6 nitrogen and oxygen atoms in total. The number of thiophene rings is 2. The van der Waals surface area contributed by atoms with Crippen molar-refractivity contribution in [2.24, 2.45) is 7.05 Å². The Morgan fingerprint density at radius 1 is 1.13 bits per heavy atom. The predicted octanol–water partition coefficient (Wildman–Crippen LogP) is 3.95. The SMILES string of the molecule is Cn1c(SCc2nc(-c3ccsc3)no2)nnc1-c1ccsc1. The molecule has 0 saturated carbocycles. The highest BCUT2D eigenvalue weighted by atomic mass is 32.2. The van der Waals surface area contributed by atoms with E-state index in [9.17, 15) is 0 Å². The highest BCUT2D eigenvalue weighted by Crippen LogP contribution is 2.27. The van der Waals surface area contributed by atoms with E-state index in [1.165, 1.54) is 11.8 Å². The first-order valence-corrected chi connectivity index (χ1v) is 9.58. The van der Waals surface area contributed by atoms with Gasteiger partial charge in [0.15, 0.2) is 11.0 Å². The summed E-state index contributed by atoms with van der Waals surface area (Å²) in [7, 11) is 1.96. The van der Waals surface area contributed by atoms with Gasteiger partial charge in [-0.2, -0.15) is 27.7 Å². The molecular formula is C14H11N5OS3. The van der Waals surface area contributed by atoms with Crippen LogP contribution in [0.15, 0.2) is 43.3 Å². The molecule has 116 valence electrons. The molecule has 0 bridgehead atoms. The number of hydrogen-bond donors (Lipinski definition) is 0. The van der Waals surface area contributed by atoms with Crippen molar-refractivity contribution in [3.63, 3.8) is 0 Å². The fourth-order valence-electron chi connectivity index (χ4n) is 2.03. The molecule has 0 aliphatic carbocycles. The lowest BCUT2D eigenvalue weighted by atomic mass is 10.3. The molecule has 0 fully saturated rings. The Bertz CT molecular complexity index is 895. The second-order valence-corrected chi connectivity index (χ2v) is 7.19. The van der Waals surface area contributed by atoms with Gasteiger partial charge in [0.25, 0.3) is 0 Å². The summed E-state index contributed by atoms with van der Waals surface area (Å²) in [4.78, 5) is 4.41. The fourth-order valence-corrected chi connectivity index (χ4v) is 4.05. The van der Waals surface area contributed by atoms with Gasteiger partial charge in [0, 0.05) is 28.9 Å². The van der Waals surface area contributed by atoms with Gasteiger partial charge >= 0.3 is 0 Å². The zero-order chi connectivity index (χ0) is 15.6. The van der Waals surface area contributed by atoms with Crippen LogP contribution >= 0.6 is 34.4 Å². The summed E-state index contributed by atoms with van der Waals surface area (Å²) in [5.74, 6) is 2.63. The summed E-state index contributed by atoms with van der Waals surface area (Å²) >= 11 is 4.78. The van der Waals surface area contributed by atoms with Crippen molar-refractivity contribution in [2.45, 2.75) is 10.9 Å². The lowest BCUT2D eigenvalue weighted by molar-refractivity contribution is 0.391. The standard InChI is InChI=1S/C14H11N5OS3/c1-19-13(10-3-5-22-7-10)16-17-14(19)23-8-11-15-12(18-20-11)9-2-4-21-6-9/h2-7H,8H2,1H3. The molecule has 0 radical (unpaired) electrons. The van der Waals surface area contributed by atoms with Gasteiger partial charge in [0.05, 0.1) is 5.75 Å². The summed E-state index contributed by atoms with van der Waals surface area (Å²) in [5.41, 5.74) is 2.06. The van der Waals surface area contributed by atoms with Crippen molar-refractivity contribution in [3.05, 3.63) is 39.5 Å². The maximum absolute atomic E-state index is 5.30. The first kappa shape index (κ1) is 14.6. The monoisotopic (exact) mass is 361 g/mol. The quantitative estimate of drug-likeness (QED) is 0.501. The number of thioether (sulfide) groups is 1. The first-order chi connectivity index (χ1) is 11.3. The van der Waals surface area contributed by atoms with Crippen molar-refractivity contribution >= 4 is 34.4 Å². The van der Waals surface area contributed by atoms with Crippen LogP contribution in [0.4, 0.5) is 0 Å². The Kier molecular flexibility index (Phi) is 3.98. The van der Waals surface area contributed by atoms with Gasteiger partial charge in [-0.25, -0.2) is 0 Å². The van der Waals surface area contributed by atoms with Gasteiger partial charge in [-0.15, -0.1) is 10.2 Å². The van der Waals surface area contributed by atoms with Crippen molar-refractivity contribution in [1.29, 1.82) is 0 Å². The third kappa shape index (κ3) is 2.94. The smallest absolute Gasteiger partial charge is 0.237 e. The molecule has 0 aliphatic heterocycles. The fraction of sp³-hybridized carbons (Fsp3) is 0.143. The summed E-state index contributed by atoms with van der Waals surface area (Å²) in [6.07, 6.45) is 0. The highest BCUT2D eigenvalue weighted by molar-refractivity contribution is 7.98. The van der Waals surface area contributed by atoms with Crippen molar-refractivity contribution in [3.8, 4) is 22.8 Å².